The number of carbonyl (C=O) groups excluding carboxylic acids is 1. The summed E-state index contributed by atoms with van der Waals surface area (Å²) in [6, 6.07) is 14.4. The van der Waals surface area contributed by atoms with E-state index in [-0.39, 0.29) is 5.91 Å². The standard InChI is InChI=1S/C20H25NO/c1-2-3-4-5-8-16-21-20(22)15-14-18-12-9-11-17-10-6-7-13-19(17)18/h6-7,9-15H,2-5,8,16H2,1H3,(H,21,22). The van der Waals surface area contributed by atoms with Crippen LogP contribution < -0.4 is 5.32 Å². The van der Waals surface area contributed by atoms with E-state index in [0.717, 1.165) is 18.5 Å². The third-order valence-corrected chi connectivity index (χ3v) is 3.82. The summed E-state index contributed by atoms with van der Waals surface area (Å²) in [6.45, 7) is 2.97. The Kier molecular flexibility index (Phi) is 6.69. The van der Waals surface area contributed by atoms with Gasteiger partial charge in [-0.2, -0.15) is 0 Å². The van der Waals surface area contributed by atoms with Crippen molar-refractivity contribution < 1.29 is 4.79 Å². The predicted molar refractivity (Wildman–Crippen MR) is 94.8 cm³/mol. The van der Waals surface area contributed by atoms with Gasteiger partial charge < -0.3 is 5.32 Å². The second-order valence-corrected chi connectivity index (χ2v) is 5.61. The molecule has 0 aliphatic carbocycles. The second kappa shape index (κ2) is 9.04. The Morgan fingerprint density at radius 3 is 2.64 bits per heavy atom. The van der Waals surface area contributed by atoms with Crippen LogP contribution >= 0.6 is 0 Å². The van der Waals surface area contributed by atoms with Crippen LogP contribution in [0.1, 0.15) is 44.6 Å². The largest absolute Gasteiger partial charge is 0.353 e. The molecule has 0 radical (unpaired) electrons. The summed E-state index contributed by atoms with van der Waals surface area (Å²) in [5.41, 5.74) is 1.08. The van der Waals surface area contributed by atoms with Crippen LogP contribution in [0.5, 0.6) is 0 Å². The van der Waals surface area contributed by atoms with Crippen molar-refractivity contribution in [3.8, 4) is 0 Å². The highest BCUT2D eigenvalue weighted by atomic mass is 16.1. The van der Waals surface area contributed by atoms with Crippen molar-refractivity contribution in [3.63, 3.8) is 0 Å². The Morgan fingerprint density at radius 1 is 1.00 bits per heavy atom. The fourth-order valence-electron chi connectivity index (χ4n) is 2.56. The first-order valence-corrected chi connectivity index (χ1v) is 8.25. The molecule has 0 spiro atoms. The van der Waals surface area contributed by atoms with E-state index in [1.165, 1.54) is 36.5 Å². The van der Waals surface area contributed by atoms with Crippen molar-refractivity contribution in [2.75, 3.05) is 6.54 Å². The molecule has 0 fully saturated rings. The van der Waals surface area contributed by atoms with Crippen LogP contribution in [0.15, 0.2) is 48.5 Å². The quantitative estimate of drug-likeness (QED) is 0.542. The minimum Gasteiger partial charge on any atom is -0.353 e. The van der Waals surface area contributed by atoms with Crippen LogP contribution in [0.25, 0.3) is 16.8 Å². The van der Waals surface area contributed by atoms with Crippen LogP contribution in [-0.4, -0.2) is 12.5 Å². The first kappa shape index (κ1) is 16.3. The summed E-state index contributed by atoms with van der Waals surface area (Å²) in [7, 11) is 0. The summed E-state index contributed by atoms with van der Waals surface area (Å²) in [5, 5.41) is 5.32. The summed E-state index contributed by atoms with van der Waals surface area (Å²) in [4.78, 5) is 11.8. The van der Waals surface area contributed by atoms with Crippen molar-refractivity contribution in [2.45, 2.75) is 39.0 Å². The van der Waals surface area contributed by atoms with Crippen LogP contribution in [-0.2, 0) is 4.79 Å². The monoisotopic (exact) mass is 295 g/mol. The molecule has 0 saturated heterocycles. The number of carbonyl (C=O) groups is 1. The fourth-order valence-corrected chi connectivity index (χ4v) is 2.56. The molecule has 2 aromatic rings. The maximum absolute atomic E-state index is 11.8. The van der Waals surface area contributed by atoms with Gasteiger partial charge in [0.1, 0.15) is 0 Å². The summed E-state index contributed by atoms with van der Waals surface area (Å²) >= 11 is 0. The zero-order valence-corrected chi connectivity index (χ0v) is 13.3. The van der Waals surface area contributed by atoms with E-state index in [2.05, 4.69) is 30.4 Å². The molecular weight excluding hydrogens is 270 g/mol. The molecule has 116 valence electrons. The van der Waals surface area contributed by atoms with E-state index < -0.39 is 0 Å². The second-order valence-electron chi connectivity index (χ2n) is 5.61. The molecule has 0 aliphatic rings. The highest BCUT2D eigenvalue weighted by Crippen LogP contribution is 2.19. The van der Waals surface area contributed by atoms with Crippen LogP contribution in [0.2, 0.25) is 0 Å². The number of hydrogen-bond donors (Lipinski definition) is 1. The molecule has 2 heteroatoms. The van der Waals surface area contributed by atoms with Gasteiger partial charge >= 0.3 is 0 Å². The van der Waals surface area contributed by atoms with Gasteiger partial charge in [-0.1, -0.05) is 75.1 Å². The SMILES string of the molecule is CCCCCCCNC(=O)C=Cc1cccc2ccccc12. The molecule has 0 atom stereocenters. The molecule has 0 heterocycles. The molecule has 1 amide bonds. The summed E-state index contributed by atoms with van der Waals surface area (Å²) < 4.78 is 0. The van der Waals surface area contributed by atoms with Crippen LogP contribution in [0, 0.1) is 0 Å². The lowest BCUT2D eigenvalue weighted by molar-refractivity contribution is -0.116. The molecule has 0 aliphatic heterocycles. The third kappa shape index (κ3) is 5.03. The molecule has 0 unspecified atom stereocenters. The fraction of sp³-hybridized carbons (Fsp3) is 0.350. The van der Waals surface area contributed by atoms with Gasteiger partial charge in [0.2, 0.25) is 5.91 Å². The van der Waals surface area contributed by atoms with Gasteiger partial charge in [0, 0.05) is 12.6 Å². The van der Waals surface area contributed by atoms with Gasteiger partial charge in [-0.3, -0.25) is 4.79 Å². The lowest BCUT2D eigenvalue weighted by Crippen LogP contribution is -2.21. The Hall–Kier alpha value is -2.09. The minimum atomic E-state index is -0.0107. The third-order valence-electron chi connectivity index (χ3n) is 3.82. The molecule has 2 nitrogen and oxygen atoms in total. The van der Waals surface area contributed by atoms with Crippen molar-refractivity contribution >= 4 is 22.8 Å². The van der Waals surface area contributed by atoms with Gasteiger partial charge in [0.25, 0.3) is 0 Å². The van der Waals surface area contributed by atoms with Crippen molar-refractivity contribution in [3.05, 3.63) is 54.1 Å². The normalized spacial score (nSPS) is 11.1. The molecule has 22 heavy (non-hydrogen) atoms. The van der Waals surface area contributed by atoms with Gasteiger partial charge in [0.05, 0.1) is 0 Å². The topological polar surface area (TPSA) is 29.1 Å². The number of unbranched alkanes of at least 4 members (excludes halogenated alkanes) is 4. The van der Waals surface area contributed by atoms with Crippen molar-refractivity contribution in [1.82, 2.24) is 5.32 Å². The first-order valence-electron chi connectivity index (χ1n) is 8.25. The highest BCUT2D eigenvalue weighted by molar-refractivity contribution is 5.96. The van der Waals surface area contributed by atoms with E-state index in [1.807, 2.05) is 30.3 Å². The number of rotatable bonds is 8. The van der Waals surface area contributed by atoms with Gasteiger partial charge in [-0.05, 0) is 28.8 Å². The van der Waals surface area contributed by atoms with Gasteiger partial charge in [0.15, 0.2) is 0 Å². The summed E-state index contributed by atoms with van der Waals surface area (Å²) in [6.07, 6.45) is 9.59. The zero-order chi connectivity index (χ0) is 15.6. The van der Waals surface area contributed by atoms with Crippen molar-refractivity contribution in [2.24, 2.45) is 0 Å². The Balaban J connectivity index is 1.84. The number of nitrogens with one attached hydrogen (secondary N) is 1. The van der Waals surface area contributed by atoms with Crippen molar-refractivity contribution in [1.29, 1.82) is 0 Å². The van der Waals surface area contributed by atoms with E-state index in [9.17, 15) is 4.79 Å². The maximum Gasteiger partial charge on any atom is 0.243 e. The van der Waals surface area contributed by atoms with Gasteiger partial charge in [-0.25, -0.2) is 0 Å². The first-order chi connectivity index (χ1) is 10.8. The Morgan fingerprint density at radius 2 is 1.77 bits per heavy atom. The van der Waals surface area contributed by atoms with Crippen LogP contribution in [0.4, 0.5) is 0 Å². The number of hydrogen-bond acceptors (Lipinski definition) is 1. The van der Waals surface area contributed by atoms with E-state index >= 15 is 0 Å². The van der Waals surface area contributed by atoms with E-state index in [4.69, 9.17) is 0 Å². The maximum atomic E-state index is 11.8. The van der Waals surface area contributed by atoms with Gasteiger partial charge in [-0.15, -0.1) is 0 Å². The molecule has 0 bridgehead atoms. The average Bonchev–Trinajstić information content (AvgIpc) is 2.56. The lowest BCUT2D eigenvalue weighted by Gasteiger charge is -2.03. The smallest absolute Gasteiger partial charge is 0.243 e. The molecule has 0 aromatic heterocycles. The molecule has 2 rings (SSSR count). The minimum absolute atomic E-state index is 0.0107. The van der Waals surface area contributed by atoms with E-state index in [0.29, 0.717) is 0 Å². The molecular formula is C20H25NO. The Labute approximate surface area is 133 Å². The molecule has 1 N–H and O–H groups in total. The molecule has 2 aromatic carbocycles. The average molecular weight is 295 g/mol. The highest BCUT2D eigenvalue weighted by Gasteiger charge is 1.98. The summed E-state index contributed by atoms with van der Waals surface area (Å²) in [5.74, 6) is -0.0107. The Bertz CT molecular complexity index is 625. The zero-order valence-electron chi connectivity index (χ0n) is 13.3. The predicted octanol–water partition coefficient (Wildman–Crippen LogP) is 4.94. The number of benzene rings is 2. The van der Waals surface area contributed by atoms with Crippen LogP contribution in [0.3, 0.4) is 0 Å². The lowest BCUT2D eigenvalue weighted by atomic mass is 10.0. The molecule has 0 saturated carbocycles. The van der Waals surface area contributed by atoms with E-state index in [1.54, 1.807) is 6.08 Å². The number of fused-ring (bicyclic) bond motifs is 1. The number of amides is 1.